The summed E-state index contributed by atoms with van der Waals surface area (Å²) in [5.74, 6) is 0.498. The molecular weight excluding hydrogens is 370 g/mol. The van der Waals surface area contributed by atoms with E-state index < -0.39 is 20.6 Å². The minimum atomic E-state index is -4.03. The lowest BCUT2D eigenvalue weighted by Crippen LogP contribution is -2.12. The first-order valence-corrected chi connectivity index (χ1v) is 9.82. The van der Waals surface area contributed by atoms with Crippen molar-refractivity contribution >= 4 is 27.6 Å². The molecule has 0 saturated carbocycles. The summed E-state index contributed by atoms with van der Waals surface area (Å²) >= 11 is 0. The van der Waals surface area contributed by atoms with Gasteiger partial charge in [0.25, 0.3) is 5.69 Å². The van der Waals surface area contributed by atoms with Gasteiger partial charge in [-0.1, -0.05) is 13.8 Å². The lowest BCUT2D eigenvalue weighted by Gasteiger charge is -2.11. The highest BCUT2D eigenvalue weighted by Gasteiger charge is 2.19. The number of sulfonamides is 1. The molecular formula is C17H23N5O4S. The molecule has 0 fully saturated rings. The first-order valence-electron chi connectivity index (χ1n) is 8.27. The van der Waals surface area contributed by atoms with Crippen molar-refractivity contribution in [3.05, 3.63) is 51.3 Å². The van der Waals surface area contributed by atoms with Crippen LogP contribution in [0.1, 0.15) is 30.8 Å². The van der Waals surface area contributed by atoms with Gasteiger partial charge in [-0.25, -0.2) is 13.6 Å². The van der Waals surface area contributed by atoms with Crippen molar-refractivity contribution in [2.45, 2.75) is 39.1 Å². The summed E-state index contributed by atoms with van der Waals surface area (Å²) in [5, 5.41) is 20.3. The number of nitro groups is 1. The van der Waals surface area contributed by atoms with E-state index >= 15 is 0 Å². The highest BCUT2D eigenvalue weighted by Crippen LogP contribution is 2.27. The Labute approximate surface area is 158 Å². The smallest absolute Gasteiger partial charge is 0.295 e. The van der Waals surface area contributed by atoms with E-state index in [-0.39, 0.29) is 10.6 Å². The number of aryl methyl sites for hydroxylation is 1. The Bertz CT molecular complexity index is 993. The number of hydrogen-bond donors (Lipinski definition) is 2. The second-order valence-corrected chi connectivity index (χ2v) is 8.24. The van der Waals surface area contributed by atoms with Crippen molar-refractivity contribution < 1.29 is 13.3 Å². The third kappa shape index (κ3) is 4.92. The molecule has 0 aliphatic rings. The van der Waals surface area contributed by atoms with E-state index in [1.54, 1.807) is 6.21 Å². The summed E-state index contributed by atoms with van der Waals surface area (Å²) in [6.07, 6.45) is 1.58. The van der Waals surface area contributed by atoms with E-state index in [1.807, 2.05) is 19.9 Å². The molecule has 3 N–H and O–H groups in total. The number of aromatic nitrogens is 1. The Morgan fingerprint density at radius 3 is 2.56 bits per heavy atom. The Balaban J connectivity index is 2.28. The minimum absolute atomic E-state index is 0.0691. The van der Waals surface area contributed by atoms with Crippen molar-refractivity contribution in [3.8, 4) is 0 Å². The van der Waals surface area contributed by atoms with E-state index in [9.17, 15) is 18.5 Å². The van der Waals surface area contributed by atoms with Crippen LogP contribution in [0.4, 0.5) is 11.4 Å². The Morgan fingerprint density at radius 1 is 1.33 bits per heavy atom. The number of benzene rings is 1. The summed E-state index contributed by atoms with van der Waals surface area (Å²) in [5.41, 5.74) is 5.29. The summed E-state index contributed by atoms with van der Waals surface area (Å²) < 4.78 is 24.9. The monoisotopic (exact) mass is 393 g/mol. The number of nitrogens with two attached hydrogens (primary N) is 1. The van der Waals surface area contributed by atoms with E-state index in [0.29, 0.717) is 5.92 Å². The van der Waals surface area contributed by atoms with Crippen molar-refractivity contribution in [1.82, 2.24) is 4.57 Å². The molecule has 9 nitrogen and oxygen atoms in total. The van der Waals surface area contributed by atoms with Gasteiger partial charge in [0.1, 0.15) is 5.69 Å². The zero-order valence-corrected chi connectivity index (χ0v) is 16.4. The van der Waals surface area contributed by atoms with Crippen molar-refractivity contribution in [1.29, 1.82) is 0 Å². The molecule has 0 aliphatic heterocycles. The van der Waals surface area contributed by atoms with Gasteiger partial charge >= 0.3 is 0 Å². The minimum Gasteiger partial charge on any atom is -0.348 e. The fourth-order valence-electron chi connectivity index (χ4n) is 2.71. The Kier molecular flexibility index (Phi) is 6.01. The highest BCUT2D eigenvalue weighted by molar-refractivity contribution is 7.89. The SMILES string of the molecule is Cc1cc(C=NNc2ccc(S(N)(=O)=O)cc2[N+](=O)[O-])c(C)n1CC(C)C. The molecule has 0 aliphatic carbocycles. The van der Waals surface area contributed by atoms with Crippen LogP contribution in [0.2, 0.25) is 0 Å². The van der Waals surface area contributed by atoms with Gasteiger partial charge in [0.15, 0.2) is 0 Å². The number of nitrogens with zero attached hydrogens (tertiary/aromatic N) is 3. The van der Waals surface area contributed by atoms with Gasteiger partial charge < -0.3 is 4.57 Å². The summed E-state index contributed by atoms with van der Waals surface area (Å²) in [6.45, 7) is 9.16. The van der Waals surface area contributed by atoms with Crippen LogP contribution >= 0.6 is 0 Å². The average molecular weight is 393 g/mol. The molecule has 0 saturated heterocycles. The van der Waals surface area contributed by atoms with Gasteiger partial charge in [-0.05, 0) is 38.0 Å². The van der Waals surface area contributed by atoms with Gasteiger partial charge in [-0.2, -0.15) is 5.10 Å². The number of nitrogens with one attached hydrogen (secondary N) is 1. The van der Waals surface area contributed by atoms with Gasteiger partial charge in [0.2, 0.25) is 10.0 Å². The number of hydrogen-bond acceptors (Lipinski definition) is 6. The molecule has 0 unspecified atom stereocenters. The predicted octanol–water partition coefficient (Wildman–Crippen LogP) is 2.76. The van der Waals surface area contributed by atoms with Crippen LogP contribution in [0.5, 0.6) is 0 Å². The molecule has 2 rings (SSSR count). The van der Waals surface area contributed by atoms with E-state index in [1.165, 1.54) is 12.1 Å². The molecule has 1 aromatic carbocycles. The second kappa shape index (κ2) is 7.89. The molecule has 0 radical (unpaired) electrons. The summed E-state index contributed by atoms with van der Waals surface area (Å²) in [4.78, 5) is 10.2. The molecule has 0 amide bonds. The second-order valence-electron chi connectivity index (χ2n) is 6.68. The van der Waals surface area contributed by atoms with Crippen LogP contribution < -0.4 is 10.6 Å². The molecule has 0 bridgehead atoms. The lowest BCUT2D eigenvalue weighted by atomic mass is 10.2. The van der Waals surface area contributed by atoms with Crippen LogP contribution in [-0.2, 0) is 16.6 Å². The quantitative estimate of drug-likeness (QED) is 0.424. The van der Waals surface area contributed by atoms with Crippen LogP contribution in [-0.4, -0.2) is 24.1 Å². The first-order chi connectivity index (χ1) is 12.5. The lowest BCUT2D eigenvalue weighted by molar-refractivity contribution is -0.384. The molecule has 27 heavy (non-hydrogen) atoms. The molecule has 1 aromatic heterocycles. The zero-order valence-electron chi connectivity index (χ0n) is 15.6. The van der Waals surface area contributed by atoms with Crippen LogP contribution in [0, 0.1) is 29.9 Å². The maximum Gasteiger partial charge on any atom is 0.295 e. The van der Waals surface area contributed by atoms with Gasteiger partial charge in [-0.15, -0.1) is 0 Å². The highest BCUT2D eigenvalue weighted by atomic mass is 32.2. The third-order valence-corrected chi connectivity index (χ3v) is 4.95. The third-order valence-electron chi connectivity index (χ3n) is 4.04. The standard InChI is InChI=1S/C17H23N5O4S/c1-11(2)10-21-12(3)7-14(13(21)4)9-19-20-16-6-5-15(27(18,25)26)8-17(16)22(23)24/h5-9,11,20H,10H2,1-4H3,(H2,18,25,26). The number of anilines is 1. The van der Waals surface area contributed by atoms with Crippen LogP contribution in [0.3, 0.4) is 0 Å². The van der Waals surface area contributed by atoms with Crippen molar-refractivity contribution in [3.63, 3.8) is 0 Å². The molecule has 0 spiro atoms. The van der Waals surface area contributed by atoms with Crippen LogP contribution in [0.25, 0.3) is 0 Å². The number of hydrazone groups is 1. The van der Waals surface area contributed by atoms with Crippen molar-refractivity contribution in [2.75, 3.05) is 5.43 Å². The molecule has 2 aromatic rings. The largest absolute Gasteiger partial charge is 0.348 e. The summed E-state index contributed by atoms with van der Waals surface area (Å²) in [6, 6.07) is 5.34. The maximum absolute atomic E-state index is 11.4. The normalized spacial score (nSPS) is 12.1. The average Bonchev–Trinajstić information content (AvgIpc) is 2.81. The van der Waals surface area contributed by atoms with Crippen molar-refractivity contribution in [2.24, 2.45) is 16.2 Å². The fraction of sp³-hybridized carbons (Fsp3) is 0.353. The molecule has 10 heteroatoms. The maximum atomic E-state index is 11.4. The van der Waals surface area contributed by atoms with Crippen LogP contribution in [0.15, 0.2) is 34.3 Å². The van der Waals surface area contributed by atoms with Gasteiger partial charge in [-0.3, -0.25) is 15.5 Å². The van der Waals surface area contributed by atoms with Gasteiger partial charge in [0.05, 0.1) is 16.0 Å². The Hall–Kier alpha value is -2.72. The van der Waals surface area contributed by atoms with Gasteiger partial charge in [0, 0.05) is 29.6 Å². The van der Waals surface area contributed by atoms with E-state index in [4.69, 9.17) is 5.14 Å². The zero-order chi connectivity index (χ0) is 20.4. The number of nitro benzene ring substituents is 1. The summed E-state index contributed by atoms with van der Waals surface area (Å²) in [7, 11) is -4.03. The number of primary sulfonamides is 1. The molecule has 1 heterocycles. The van der Waals surface area contributed by atoms with E-state index in [2.05, 4.69) is 28.9 Å². The predicted molar refractivity (Wildman–Crippen MR) is 104 cm³/mol. The number of rotatable bonds is 7. The fourth-order valence-corrected chi connectivity index (χ4v) is 3.24. The first kappa shape index (κ1) is 20.6. The Morgan fingerprint density at radius 2 is 2.00 bits per heavy atom. The molecule has 0 atom stereocenters. The molecule has 146 valence electrons. The topological polar surface area (TPSA) is 133 Å². The van der Waals surface area contributed by atoms with E-state index in [0.717, 1.165) is 29.6 Å².